The van der Waals surface area contributed by atoms with Crippen LogP contribution in [-0.4, -0.2) is 37.6 Å². The Morgan fingerprint density at radius 2 is 1.78 bits per heavy atom. The molecule has 0 spiro atoms. The van der Waals surface area contributed by atoms with Crippen molar-refractivity contribution in [1.29, 1.82) is 0 Å². The number of benzene rings is 1. The molecule has 0 aliphatic carbocycles. The van der Waals surface area contributed by atoms with Crippen molar-refractivity contribution in [2.24, 2.45) is 5.14 Å². The zero-order valence-corrected chi connectivity index (χ0v) is 16.1. The Hall–Kier alpha value is -2.52. The fourth-order valence-electron chi connectivity index (χ4n) is 2.40. The first-order valence-electron chi connectivity index (χ1n) is 8.87. The second kappa shape index (κ2) is 9.98. The number of amides is 1. The summed E-state index contributed by atoms with van der Waals surface area (Å²) in [5, 5.41) is 18.9. The minimum atomic E-state index is -3.67. The van der Waals surface area contributed by atoms with Crippen molar-refractivity contribution in [2.45, 2.75) is 37.5 Å². The van der Waals surface area contributed by atoms with E-state index in [1.165, 1.54) is 12.1 Å². The molecule has 0 saturated carbocycles. The molecule has 0 radical (unpaired) electrons. The predicted molar refractivity (Wildman–Crippen MR) is 104 cm³/mol. The molecule has 4 N–H and O–H groups in total. The third-order valence-electron chi connectivity index (χ3n) is 3.93. The maximum atomic E-state index is 11.9. The maximum Gasteiger partial charge on any atom is 0.271 e. The van der Waals surface area contributed by atoms with Crippen molar-refractivity contribution >= 4 is 21.7 Å². The lowest BCUT2D eigenvalue weighted by molar-refractivity contribution is 0.0947. The Labute approximate surface area is 159 Å². The van der Waals surface area contributed by atoms with Crippen molar-refractivity contribution in [3.63, 3.8) is 0 Å². The molecule has 2 aromatic rings. The van der Waals surface area contributed by atoms with E-state index in [1.807, 2.05) is 0 Å². The van der Waals surface area contributed by atoms with E-state index >= 15 is 0 Å². The minimum absolute atomic E-state index is 0.0913. The summed E-state index contributed by atoms with van der Waals surface area (Å²) in [5.74, 6) is 0.346. The summed E-state index contributed by atoms with van der Waals surface area (Å²) in [7, 11) is -3.67. The smallest absolute Gasteiger partial charge is 0.271 e. The first-order valence-corrected chi connectivity index (χ1v) is 10.4. The molecule has 0 fully saturated rings. The second-order valence-electron chi connectivity index (χ2n) is 6.13. The van der Waals surface area contributed by atoms with Gasteiger partial charge in [0.25, 0.3) is 5.91 Å². The first kappa shape index (κ1) is 20.8. The Morgan fingerprint density at radius 1 is 1.04 bits per heavy atom. The quantitative estimate of drug-likeness (QED) is 0.529. The third kappa shape index (κ3) is 6.95. The number of anilines is 1. The molecule has 8 nitrogen and oxygen atoms in total. The highest BCUT2D eigenvalue weighted by Gasteiger charge is 2.08. The molecule has 1 heterocycles. The number of hydrogen-bond donors (Lipinski definition) is 3. The van der Waals surface area contributed by atoms with Crippen molar-refractivity contribution < 1.29 is 13.2 Å². The average Bonchev–Trinajstić information content (AvgIpc) is 2.65. The van der Waals surface area contributed by atoms with Crippen LogP contribution in [0.15, 0.2) is 41.3 Å². The van der Waals surface area contributed by atoms with Gasteiger partial charge in [0.2, 0.25) is 10.0 Å². The molecule has 0 aliphatic heterocycles. The van der Waals surface area contributed by atoms with Crippen LogP contribution in [0, 0.1) is 0 Å². The van der Waals surface area contributed by atoms with Crippen molar-refractivity contribution in [3.8, 4) is 0 Å². The summed E-state index contributed by atoms with van der Waals surface area (Å²) in [6.07, 6.45) is 3.81. The molecular weight excluding hydrogens is 366 g/mol. The number of hydrogen-bond acceptors (Lipinski definition) is 6. The standard InChI is InChI=1S/C18H25N5O3S/c1-2-3-4-12-21-18(24)16-9-10-17(23-22-16)20-13-11-14-5-7-15(8-6-14)27(19,25)26/h5-10H,2-4,11-13H2,1H3,(H,20,23)(H,21,24)(H2,19,25,26). The van der Waals surface area contributed by atoms with Crippen LogP contribution in [0.3, 0.4) is 0 Å². The van der Waals surface area contributed by atoms with Crippen LogP contribution in [0.4, 0.5) is 5.82 Å². The summed E-state index contributed by atoms with van der Waals surface area (Å²) in [6.45, 7) is 3.34. The molecular formula is C18H25N5O3S. The summed E-state index contributed by atoms with van der Waals surface area (Å²) < 4.78 is 22.5. The Balaban J connectivity index is 1.79. The number of sulfonamides is 1. The first-order chi connectivity index (χ1) is 12.9. The van der Waals surface area contributed by atoms with Gasteiger partial charge in [-0.25, -0.2) is 13.6 Å². The lowest BCUT2D eigenvalue weighted by Gasteiger charge is -2.07. The van der Waals surface area contributed by atoms with Gasteiger partial charge in [-0.05, 0) is 42.7 Å². The number of carbonyl (C=O) groups is 1. The van der Waals surface area contributed by atoms with Gasteiger partial charge in [0, 0.05) is 13.1 Å². The van der Waals surface area contributed by atoms with Gasteiger partial charge in [0.1, 0.15) is 5.82 Å². The van der Waals surface area contributed by atoms with E-state index in [0.717, 1.165) is 24.8 Å². The number of unbranched alkanes of at least 4 members (excludes halogenated alkanes) is 2. The number of aromatic nitrogens is 2. The summed E-state index contributed by atoms with van der Waals surface area (Å²) in [5.41, 5.74) is 1.25. The van der Waals surface area contributed by atoms with E-state index in [9.17, 15) is 13.2 Å². The molecule has 0 atom stereocenters. The van der Waals surface area contributed by atoms with Gasteiger partial charge < -0.3 is 10.6 Å². The summed E-state index contributed by atoms with van der Waals surface area (Å²) in [4.78, 5) is 12.0. The van der Waals surface area contributed by atoms with Crippen LogP contribution in [0.5, 0.6) is 0 Å². The van der Waals surface area contributed by atoms with E-state index in [4.69, 9.17) is 5.14 Å². The molecule has 2 rings (SSSR count). The van der Waals surface area contributed by atoms with E-state index in [2.05, 4.69) is 27.8 Å². The molecule has 0 bridgehead atoms. The fourth-order valence-corrected chi connectivity index (χ4v) is 2.91. The highest BCUT2D eigenvalue weighted by molar-refractivity contribution is 7.89. The molecule has 9 heteroatoms. The Morgan fingerprint density at radius 3 is 2.37 bits per heavy atom. The number of nitrogens with one attached hydrogen (secondary N) is 2. The molecule has 146 valence electrons. The average molecular weight is 391 g/mol. The number of nitrogens with two attached hydrogens (primary N) is 1. The number of carbonyl (C=O) groups excluding carboxylic acids is 1. The van der Waals surface area contributed by atoms with Gasteiger partial charge in [-0.3, -0.25) is 4.79 Å². The van der Waals surface area contributed by atoms with Gasteiger partial charge in [0.15, 0.2) is 5.69 Å². The van der Waals surface area contributed by atoms with Gasteiger partial charge in [-0.2, -0.15) is 0 Å². The zero-order valence-electron chi connectivity index (χ0n) is 15.3. The van der Waals surface area contributed by atoms with Gasteiger partial charge in [-0.15, -0.1) is 10.2 Å². The van der Waals surface area contributed by atoms with E-state index < -0.39 is 10.0 Å². The lowest BCUT2D eigenvalue weighted by atomic mass is 10.1. The van der Waals surface area contributed by atoms with E-state index in [-0.39, 0.29) is 16.5 Å². The highest BCUT2D eigenvalue weighted by Crippen LogP contribution is 2.10. The van der Waals surface area contributed by atoms with E-state index in [1.54, 1.807) is 24.3 Å². The SMILES string of the molecule is CCCCCNC(=O)c1ccc(NCCc2ccc(S(N)(=O)=O)cc2)nn1. The van der Waals surface area contributed by atoms with Crippen molar-refractivity contribution in [3.05, 3.63) is 47.7 Å². The third-order valence-corrected chi connectivity index (χ3v) is 4.86. The molecule has 1 aromatic carbocycles. The predicted octanol–water partition coefficient (Wildman–Crippen LogP) is 1.70. The molecule has 0 aliphatic rings. The molecule has 0 saturated heterocycles. The molecule has 1 amide bonds. The summed E-state index contributed by atoms with van der Waals surface area (Å²) in [6, 6.07) is 9.75. The van der Waals surface area contributed by atoms with Crippen LogP contribution < -0.4 is 15.8 Å². The second-order valence-corrected chi connectivity index (χ2v) is 7.69. The van der Waals surface area contributed by atoms with Crippen LogP contribution in [0.1, 0.15) is 42.2 Å². The number of nitrogens with zero attached hydrogens (tertiary/aromatic N) is 2. The van der Waals surface area contributed by atoms with Crippen molar-refractivity contribution in [2.75, 3.05) is 18.4 Å². The van der Waals surface area contributed by atoms with Crippen LogP contribution >= 0.6 is 0 Å². The largest absolute Gasteiger partial charge is 0.368 e. The monoisotopic (exact) mass is 391 g/mol. The molecule has 1 aromatic heterocycles. The number of rotatable bonds is 10. The van der Waals surface area contributed by atoms with Crippen LogP contribution in [0.25, 0.3) is 0 Å². The summed E-state index contributed by atoms with van der Waals surface area (Å²) >= 11 is 0. The molecule has 0 unspecified atom stereocenters. The van der Waals surface area contributed by atoms with Gasteiger partial charge in [-0.1, -0.05) is 31.9 Å². The maximum absolute atomic E-state index is 11.9. The van der Waals surface area contributed by atoms with Crippen molar-refractivity contribution in [1.82, 2.24) is 15.5 Å². The van der Waals surface area contributed by atoms with Crippen LogP contribution in [0.2, 0.25) is 0 Å². The minimum Gasteiger partial charge on any atom is -0.368 e. The molecule has 27 heavy (non-hydrogen) atoms. The lowest BCUT2D eigenvalue weighted by Crippen LogP contribution is -2.25. The van der Waals surface area contributed by atoms with Gasteiger partial charge in [0.05, 0.1) is 4.90 Å². The zero-order chi connectivity index (χ0) is 19.7. The fraction of sp³-hybridized carbons (Fsp3) is 0.389. The Kier molecular flexibility index (Phi) is 7.68. The Bertz CT molecular complexity index is 836. The number of primary sulfonamides is 1. The van der Waals surface area contributed by atoms with E-state index in [0.29, 0.717) is 25.3 Å². The van der Waals surface area contributed by atoms with Gasteiger partial charge >= 0.3 is 0 Å². The van der Waals surface area contributed by atoms with Crippen LogP contribution in [-0.2, 0) is 16.4 Å². The normalized spacial score (nSPS) is 11.2. The highest BCUT2D eigenvalue weighted by atomic mass is 32.2. The topological polar surface area (TPSA) is 127 Å².